The minimum atomic E-state index is -0.991. The van der Waals surface area contributed by atoms with Crippen molar-refractivity contribution in [3.05, 3.63) is 71.4 Å². The Morgan fingerprint density at radius 1 is 1.08 bits per heavy atom. The molecule has 1 fully saturated rings. The average molecular weight is 340 g/mol. The summed E-state index contributed by atoms with van der Waals surface area (Å²) in [5.74, 6) is -1.96. The number of carbonyl (C=O) groups is 1. The number of likely N-dealkylation sites (tertiary alicyclic amines) is 1. The molecule has 1 N–H and O–H groups in total. The van der Waals surface area contributed by atoms with E-state index < -0.39 is 11.6 Å². The molecule has 0 spiro atoms. The van der Waals surface area contributed by atoms with Crippen molar-refractivity contribution in [2.75, 3.05) is 13.1 Å². The number of carbonyl (C=O) groups excluding carboxylic acids is 1. The molecule has 25 heavy (non-hydrogen) atoms. The summed E-state index contributed by atoms with van der Waals surface area (Å²) in [5.41, 5.74) is 2.39. The lowest BCUT2D eigenvalue weighted by Crippen LogP contribution is -2.39. The molecular formula is C20H18F2N2O. The van der Waals surface area contributed by atoms with Crippen LogP contribution in [0.3, 0.4) is 0 Å². The summed E-state index contributed by atoms with van der Waals surface area (Å²) in [6.07, 6.45) is 1.88. The molecule has 3 nitrogen and oxygen atoms in total. The number of hydrogen-bond donors (Lipinski definition) is 1. The first-order valence-corrected chi connectivity index (χ1v) is 8.44. The van der Waals surface area contributed by atoms with Gasteiger partial charge in [0, 0.05) is 35.8 Å². The van der Waals surface area contributed by atoms with Crippen LogP contribution in [0.25, 0.3) is 10.9 Å². The van der Waals surface area contributed by atoms with Crippen LogP contribution in [-0.4, -0.2) is 28.9 Å². The molecule has 0 bridgehead atoms. The van der Waals surface area contributed by atoms with E-state index in [1.807, 2.05) is 18.2 Å². The summed E-state index contributed by atoms with van der Waals surface area (Å²) < 4.78 is 26.5. The Morgan fingerprint density at radius 2 is 1.92 bits per heavy atom. The Balaban J connectivity index is 1.55. The zero-order valence-corrected chi connectivity index (χ0v) is 13.6. The van der Waals surface area contributed by atoms with Crippen molar-refractivity contribution in [2.45, 2.75) is 18.8 Å². The Bertz CT molecular complexity index is 901. The van der Waals surface area contributed by atoms with E-state index in [0.717, 1.165) is 41.6 Å². The molecular weight excluding hydrogens is 322 g/mol. The number of H-pyrrole nitrogens is 1. The topological polar surface area (TPSA) is 36.1 Å². The molecule has 1 atom stereocenters. The highest BCUT2D eigenvalue weighted by molar-refractivity contribution is 5.94. The minimum absolute atomic E-state index is 0.191. The van der Waals surface area contributed by atoms with Crippen molar-refractivity contribution in [3.63, 3.8) is 0 Å². The third kappa shape index (κ3) is 3.02. The van der Waals surface area contributed by atoms with E-state index in [9.17, 15) is 13.6 Å². The fourth-order valence-electron chi connectivity index (χ4n) is 3.54. The van der Waals surface area contributed by atoms with Crippen molar-refractivity contribution in [3.8, 4) is 0 Å². The van der Waals surface area contributed by atoms with Gasteiger partial charge in [-0.25, -0.2) is 8.78 Å². The summed E-state index contributed by atoms with van der Waals surface area (Å²) in [6.45, 7) is 1.21. The molecule has 5 heteroatoms. The SMILES string of the molecule is O=C(c1ccc(F)c(F)c1)N1CCCC(c2cc3ccccc3[nH]2)C1. The zero-order chi connectivity index (χ0) is 17.4. The Labute approximate surface area is 144 Å². The van der Waals surface area contributed by atoms with Gasteiger partial charge in [-0.15, -0.1) is 0 Å². The smallest absolute Gasteiger partial charge is 0.253 e. The second-order valence-electron chi connectivity index (χ2n) is 6.53. The van der Waals surface area contributed by atoms with Gasteiger partial charge in [0.05, 0.1) is 0 Å². The highest BCUT2D eigenvalue weighted by atomic mass is 19.2. The molecule has 3 aromatic rings. The summed E-state index contributed by atoms with van der Waals surface area (Å²) in [5, 5.41) is 1.15. The van der Waals surface area contributed by atoms with Crippen LogP contribution in [0.5, 0.6) is 0 Å². The third-order valence-corrected chi connectivity index (χ3v) is 4.87. The van der Waals surface area contributed by atoms with Gasteiger partial charge in [-0.3, -0.25) is 4.79 Å². The number of aromatic nitrogens is 1. The van der Waals surface area contributed by atoms with Gasteiger partial charge in [-0.05, 0) is 48.6 Å². The highest BCUT2D eigenvalue weighted by Crippen LogP contribution is 2.29. The number of halogens is 2. The fourth-order valence-corrected chi connectivity index (χ4v) is 3.54. The van der Waals surface area contributed by atoms with Crippen LogP contribution in [0.2, 0.25) is 0 Å². The fraction of sp³-hybridized carbons (Fsp3) is 0.250. The van der Waals surface area contributed by atoms with Gasteiger partial charge in [0.15, 0.2) is 11.6 Å². The van der Waals surface area contributed by atoms with Crippen LogP contribution in [-0.2, 0) is 0 Å². The average Bonchev–Trinajstić information content (AvgIpc) is 3.08. The van der Waals surface area contributed by atoms with Crippen molar-refractivity contribution in [1.29, 1.82) is 0 Å². The lowest BCUT2D eigenvalue weighted by atomic mass is 9.94. The number of hydrogen-bond acceptors (Lipinski definition) is 1. The van der Waals surface area contributed by atoms with Crippen molar-refractivity contribution in [2.24, 2.45) is 0 Å². The van der Waals surface area contributed by atoms with Gasteiger partial charge in [-0.1, -0.05) is 18.2 Å². The van der Waals surface area contributed by atoms with Crippen LogP contribution in [0.1, 0.15) is 34.8 Å². The quantitative estimate of drug-likeness (QED) is 0.734. The number of rotatable bonds is 2. The maximum Gasteiger partial charge on any atom is 0.253 e. The first-order valence-electron chi connectivity index (χ1n) is 8.44. The number of nitrogens with zero attached hydrogens (tertiary/aromatic N) is 1. The normalized spacial score (nSPS) is 17.8. The Kier molecular flexibility index (Phi) is 3.99. The first-order chi connectivity index (χ1) is 12.1. The standard InChI is InChI=1S/C20H18F2N2O/c21-16-8-7-14(10-17(16)22)20(25)24-9-3-5-15(12-24)19-11-13-4-1-2-6-18(13)23-19/h1-2,4,6-8,10-11,15,23H,3,5,9,12H2. The predicted octanol–water partition coefficient (Wildman–Crippen LogP) is 4.47. The molecule has 0 radical (unpaired) electrons. The van der Waals surface area contributed by atoms with Crippen molar-refractivity contribution >= 4 is 16.8 Å². The van der Waals surface area contributed by atoms with E-state index >= 15 is 0 Å². The van der Waals surface area contributed by atoms with Gasteiger partial charge in [-0.2, -0.15) is 0 Å². The molecule has 1 aliphatic rings. The number of amides is 1. The summed E-state index contributed by atoms with van der Waals surface area (Å²) in [7, 11) is 0. The number of nitrogens with one attached hydrogen (secondary N) is 1. The number of piperidine rings is 1. The molecule has 0 aliphatic carbocycles. The van der Waals surface area contributed by atoms with E-state index in [0.29, 0.717) is 13.1 Å². The van der Waals surface area contributed by atoms with Gasteiger partial charge < -0.3 is 9.88 Å². The molecule has 2 heterocycles. The molecule has 1 aromatic heterocycles. The maximum atomic E-state index is 13.4. The zero-order valence-electron chi connectivity index (χ0n) is 13.6. The maximum absolute atomic E-state index is 13.4. The monoisotopic (exact) mass is 340 g/mol. The van der Waals surface area contributed by atoms with Gasteiger partial charge >= 0.3 is 0 Å². The van der Waals surface area contributed by atoms with Gasteiger partial charge in [0.25, 0.3) is 5.91 Å². The van der Waals surface area contributed by atoms with E-state index in [1.165, 1.54) is 6.07 Å². The van der Waals surface area contributed by atoms with Crippen molar-refractivity contribution in [1.82, 2.24) is 9.88 Å². The molecule has 0 saturated carbocycles. The Hall–Kier alpha value is -2.69. The summed E-state index contributed by atoms with van der Waals surface area (Å²) in [6, 6.07) is 13.5. The van der Waals surface area contributed by atoms with E-state index in [2.05, 4.69) is 17.1 Å². The molecule has 1 unspecified atom stereocenters. The largest absolute Gasteiger partial charge is 0.358 e. The second kappa shape index (κ2) is 6.31. The van der Waals surface area contributed by atoms with E-state index in [1.54, 1.807) is 4.90 Å². The van der Waals surface area contributed by atoms with Crippen LogP contribution in [0.15, 0.2) is 48.5 Å². The van der Waals surface area contributed by atoms with Crippen LogP contribution >= 0.6 is 0 Å². The van der Waals surface area contributed by atoms with E-state index in [-0.39, 0.29) is 17.4 Å². The van der Waals surface area contributed by atoms with Crippen LogP contribution in [0, 0.1) is 11.6 Å². The lowest BCUT2D eigenvalue weighted by molar-refractivity contribution is 0.0705. The molecule has 1 amide bonds. The second-order valence-corrected chi connectivity index (χ2v) is 6.53. The number of aromatic amines is 1. The summed E-state index contributed by atoms with van der Waals surface area (Å²) in [4.78, 5) is 17.8. The van der Waals surface area contributed by atoms with E-state index in [4.69, 9.17) is 0 Å². The lowest BCUT2D eigenvalue weighted by Gasteiger charge is -2.32. The van der Waals surface area contributed by atoms with Crippen molar-refractivity contribution < 1.29 is 13.6 Å². The predicted molar refractivity (Wildman–Crippen MR) is 92.5 cm³/mol. The molecule has 2 aromatic carbocycles. The molecule has 1 saturated heterocycles. The minimum Gasteiger partial charge on any atom is -0.358 e. The first kappa shape index (κ1) is 15.8. The molecule has 4 rings (SSSR count). The van der Waals surface area contributed by atoms with Gasteiger partial charge in [0.2, 0.25) is 0 Å². The number of fused-ring (bicyclic) bond motifs is 1. The molecule has 128 valence electrons. The Morgan fingerprint density at radius 3 is 2.72 bits per heavy atom. The third-order valence-electron chi connectivity index (χ3n) is 4.87. The van der Waals surface area contributed by atoms with Gasteiger partial charge in [0.1, 0.15) is 0 Å². The van der Waals surface area contributed by atoms with Crippen LogP contribution < -0.4 is 0 Å². The highest BCUT2D eigenvalue weighted by Gasteiger charge is 2.27. The van der Waals surface area contributed by atoms with Crippen LogP contribution in [0.4, 0.5) is 8.78 Å². The number of benzene rings is 2. The molecule has 1 aliphatic heterocycles. The number of para-hydroxylation sites is 1. The summed E-state index contributed by atoms with van der Waals surface area (Å²) >= 11 is 0.